The second-order valence-corrected chi connectivity index (χ2v) is 5.22. The fraction of sp³-hybridized carbons (Fsp3) is 0.812. The van der Waals surface area contributed by atoms with Crippen molar-refractivity contribution < 1.29 is 113 Å². The summed E-state index contributed by atoms with van der Waals surface area (Å²) >= 11 is 0. The zero-order valence-corrected chi connectivity index (χ0v) is 22.5. The van der Waals surface area contributed by atoms with Crippen LogP contribution in [0.2, 0.25) is 0 Å². The number of hydrogen-bond acceptors (Lipinski definition) is 6. The van der Waals surface area contributed by atoms with E-state index in [2.05, 4.69) is 6.92 Å². The van der Waals surface area contributed by atoms with E-state index in [0.717, 1.165) is 6.42 Å². The van der Waals surface area contributed by atoms with Crippen molar-refractivity contribution >= 4 is 18.2 Å². The van der Waals surface area contributed by atoms with Gasteiger partial charge in [0, 0.05) is 18.4 Å². The normalized spacial score (nSPS) is 9.84. The van der Waals surface area contributed by atoms with Crippen LogP contribution in [0.5, 0.6) is 0 Å². The zero-order valence-electron chi connectivity index (χ0n) is 16.5. The van der Waals surface area contributed by atoms with Crippen LogP contribution in [0.25, 0.3) is 0 Å². The van der Waals surface area contributed by atoms with Crippen LogP contribution in [0, 0.1) is 0 Å². The number of rotatable bonds is 13. The van der Waals surface area contributed by atoms with Crippen LogP contribution in [0.1, 0.15) is 77.6 Å². The van der Waals surface area contributed by atoms with E-state index in [1.165, 1.54) is 51.4 Å². The molecule has 6 nitrogen and oxygen atoms in total. The smallest absolute Gasteiger partial charge is 0.550 e. The molecule has 0 amide bonds. The summed E-state index contributed by atoms with van der Waals surface area (Å²) in [6.07, 6.45) is 13.7. The molecule has 0 aliphatic carbocycles. The molecule has 9 heteroatoms. The van der Waals surface area contributed by atoms with Gasteiger partial charge in [0.15, 0.2) is 0 Å². The number of aliphatic carboxylic acids is 2. The van der Waals surface area contributed by atoms with Gasteiger partial charge < -0.3 is 30.3 Å². The summed E-state index contributed by atoms with van der Waals surface area (Å²) in [5.74, 6) is -3.08. The molecule has 25 heavy (non-hydrogen) atoms. The van der Waals surface area contributed by atoms with Crippen molar-refractivity contribution in [3.63, 3.8) is 0 Å². The van der Waals surface area contributed by atoms with Crippen molar-refractivity contribution in [3.8, 4) is 0 Å². The summed E-state index contributed by atoms with van der Waals surface area (Å²) in [6, 6.07) is -1.46. The Labute approximate surface area is 218 Å². The van der Waals surface area contributed by atoms with Gasteiger partial charge in [-0.2, -0.15) is 6.42 Å². The molecule has 0 aromatic carbocycles. The largest absolute Gasteiger partial charge is 1.00 e. The Balaban J connectivity index is -0.0000001000. The number of carboxylic acids is 2. The molecular weight excluding hydrogens is 355 g/mol. The maximum absolute atomic E-state index is 9.89. The van der Waals surface area contributed by atoms with Crippen molar-refractivity contribution in [2.45, 2.75) is 83.6 Å². The molecule has 0 aromatic heterocycles. The summed E-state index contributed by atoms with van der Waals surface area (Å²) in [7, 11) is 0. The van der Waals surface area contributed by atoms with Gasteiger partial charge in [0.2, 0.25) is 0 Å². The summed E-state index contributed by atoms with van der Waals surface area (Å²) < 4.78 is 0. The summed E-state index contributed by atoms with van der Waals surface area (Å²) in [6.45, 7) is 2.25. The minimum Gasteiger partial charge on any atom is -0.550 e. The van der Waals surface area contributed by atoms with Crippen LogP contribution in [-0.2, 0) is 14.4 Å². The summed E-state index contributed by atoms with van der Waals surface area (Å²) in [4.78, 5) is 29.2. The second-order valence-electron chi connectivity index (χ2n) is 5.22. The van der Waals surface area contributed by atoms with Crippen LogP contribution >= 0.6 is 0 Å². The van der Waals surface area contributed by atoms with Crippen molar-refractivity contribution in [3.05, 3.63) is 0 Å². The third-order valence-electron chi connectivity index (χ3n) is 3.07. The molecular formula is C16H28NNa3O5. The first-order chi connectivity index (χ1) is 10.5. The van der Waals surface area contributed by atoms with E-state index < -0.39 is 24.4 Å². The fourth-order valence-electron chi connectivity index (χ4n) is 1.77. The van der Waals surface area contributed by atoms with Crippen molar-refractivity contribution in [2.24, 2.45) is 5.73 Å². The molecule has 0 fully saturated rings. The Morgan fingerprint density at radius 3 is 1.56 bits per heavy atom. The van der Waals surface area contributed by atoms with Crippen molar-refractivity contribution in [1.82, 2.24) is 0 Å². The molecule has 0 aliphatic rings. The molecule has 0 rings (SSSR count). The van der Waals surface area contributed by atoms with Crippen molar-refractivity contribution in [2.75, 3.05) is 0 Å². The van der Waals surface area contributed by atoms with Gasteiger partial charge in [-0.1, -0.05) is 64.7 Å². The predicted octanol–water partition coefficient (Wildman–Crippen LogP) is -8.77. The molecule has 0 saturated carbocycles. The molecule has 1 unspecified atom stereocenters. The van der Waals surface area contributed by atoms with Gasteiger partial charge in [-0.25, -0.2) is 0 Å². The molecule has 130 valence electrons. The van der Waals surface area contributed by atoms with Gasteiger partial charge in [-0.3, -0.25) is 6.29 Å². The molecule has 1 atom stereocenters. The molecule has 0 radical (unpaired) electrons. The van der Waals surface area contributed by atoms with Crippen LogP contribution in [-0.4, -0.2) is 24.3 Å². The fourth-order valence-corrected chi connectivity index (χ4v) is 1.77. The SMILES string of the molecule is CCCCCCCCCCC[C-]=O.NC(CC(=O)[O-])C(=O)[O-].[Na+].[Na+].[Na+]. The average molecular weight is 383 g/mol. The first-order valence-electron chi connectivity index (χ1n) is 7.97. The van der Waals surface area contributed by atoms with E-state index in [9.17, 15) is 24.6 Å². The topological polar surface area (TPSA) is 123 Å². The van der Waals surface area contributed by atoms with Gasteiger partial charge in [0.1, 0.15) is 0 Å². The number of nitrogens with two attached hydrogens (primary N) is 1. The maximum Gasteiger partial charge on any atom is 1.00 e. The van der Waals surface area contributed by atoms with Crippen LogP contribution in [0.15, 0.2) is 0 Å². The number of carbonyl (C=O) groups is 2. The van der Waals surface area contributed by atoms with Crippen LogP contribution < -0.4 is 105 Å². The Morgan fingerprint density at radius 1 is 0.880 bits per heavy atom. The van der Waals surface area contributed by atoms with E-state index in [1.54, 1.807) is 0 Å². The molecule has 0 aromatic rings. The zero-order chi connectivity index (χ0) is 17.2. The molecule has 0 heterocycles. The van der Waals surface area contributed by atoms with Gasteiger partial charge in [-0.05, 0) is 0 Å². The minimum atomic E-state index is -1.58. The minimum absolute atomic E-state index is 0. The third kappa shape index (κ3) is 37.1. The Bertz CT molecular complexity index is 307. The molecule has 0 aliphatic heterocycles. The Kier molecular flexibility index (Phi) is 45.3. The van der Waals surface area contributed by atoms with Gasteiger partial charge in [-0.15, -0.1) is 0 Å². The number of hydrogen-bond donors (Lipinski definition) is 1. The molecule has 0 bridgehead atoms. The second kappa shape index (κ2) is 30.3. The van der Waals surface area contributed by atoms with E-state index in [4.69, 9.17) is 5.73 Å². The molecule has 0 spiro atoms. The predicted molar refractivity (Wildman–Crippen MR) is 80.1 cm³/mol. The summed E-state index contributed by atoms with van der Waals surface area (Å²) in [5, 5.41) is 19.3. The van der Waals surface area contributed by atoms with E-state index in [0.29, 0.717) is 6.42 Å². The van der Waals surface area contributed by atoms with Crippen molar-refractivity contribution in [1.29, 1.82) is 0 Å². The van der Waals surface area contributed by atoms with Gasteiger partial charge >= 0.3 is 88.7 Å². The maximum atomic E-state index is 9.89. The van der Waals surface area contributed by atoms with Gasteiger partial charge in [0.05, 0.1) is 5.97 Å². The molecule has 0 saturated heterocycles. The number of carboxylic acid groups (broad SMARTS) is 2. The monoisotopic (exact) mass is 383 g/mol. The molecule has 2 N–H and O–H groups in total. The average Bonchev–Trinajstić information content (AvgIpc) is 2.45. The Hall–Kier alpha value is 1.57. The Morgan fingerprint density at radius 2 is 1.28 bits per heavy atom. The van der Waals surface area contributed by atoms with Gasteiger partial charge in [0.25, 0.3) is 0 Å². The quantitative estimate of drug-likeness (QED) is 0.191. The number of carbonyl (C=O) groups excluding carboxylic acids is 3. The standard InChI is InChI=1S/C12H23O.C4H7NO4.3Na/c1-2-3-4-5-6-7-8-9-10-11-12-13;5-2(4(8)9)1-3(6)7;;;/h2-11H2,1H3;2H,1,5H2,(H,6,7)(H,8,9);;;/q-1;;3*+1/p-2. The van der Waals surface area contributed by atoms with Crippen LogP contribution in [0.4, 0.5) is 0 Å². The summed E-state index contributed by atoms with van der Waals surface area (Å²) in [5.41, 5.74) is 4.73. The van der Waals surface area contributed by atoms with E-state index in [1.807, 2.05) is 6.29 Å². The first-order valence-corrected chi connectivity index (χ1v) is 7.97. The first kappa shape index (κ1) is 37.3. The van der Waals surface area contributed by atoms with Crippen LogP contribution in [0.3, 0.4) is 0 Å². The van der Waals surface area contributed by atoms with E-state index in [-0.39, 0.29) is 88.7 Å². The third-order valence-corrected chi connectivity index (χ3v) is 3.07. The number of unbranched alkanes of at least 4 members (excludes halogenated alkanes) is 9. The van der Waals surface area contributed by atoms with E-state index >= 15 is 0 Å².